The lowest BCUT2D eigenvalue weighted by atomic mass is 9.95. The van der Waals surface area contributed by atoms with Gasteiger partial charge in [0.15, 0.2) is 0 Å². The molecule has 0 bridgehead atoms. The van der Waals surface area contributed by atoms with Crippen LogP contribution in [0, 0.1) is 6.92 Å². The van der Waals surface area contributed by atoms with E-state index in [9.17, 15) is 0 Å². The third-order valence-corrected chi connectivity index (χ3v) is 2.68. The Bertz CT molecular complexity index is 380. The number of hydrogen-bond donors (Lipinski definition) is 2. The maximum Gasteiger partial charge on any atom is 0.138 e. The van der Waals surface area contributed by atoms with Crippen molar-refractivity contribution in [2.24, 2.45) is 0 Å². The van der Waals surface area contributed by atoms with Gasteiger partial charge in [-0.3, -0.25) is 0 Å². The highest BCUT2D eigenvalue weighted by atomic mass is 15.1. The molecule has 0 radical (unpaired) electrons. The van der Waals surface area contributed by atoms with E-state index >= 15 is 0 Å². The van der Waals surface area contributed by atoms with Crippen LogP contribution in [-0.4, -0.2) is 16.5 Å². The molecule has 0 unspecified atom stereocenters. The van der Waals surface area contributed by atoms with Gasteiger partial charge in [-0.05, 0) is 13.3 Å². The summed E-state index contributed by atoms with van der Waals surface area (Å²) in [7, 11) is 0. The summed E-state index contributed by atoms with van der Waals surface area (Å²) in [5.41, 5.74) is 6.79. The number of aromatic nitrogens is 2. The summed E-state index contributed by atoms with van der Waals surface area (Å²) in [6.07, 6.45) is 2.30. The highest BCUT2D eigenvalue weighted by molar-refractivity contribution is 5.55. The quantitative estimate of drug-likeness (QED) is 0.789. The second-order valence-electron chi connectivity index (χ2n) is 5.44. The molecule has 0 atom stereocenters. The van der Waals surface area contributed by atoms with Gasteiger partial charge in [-0.25, -0.2) is 9.97 Å². The summed E-state index contributed by atoms with van der Waals surface area (Å²) >= 11 is 0. The minimum atomic E-state index is -0.0804. The maximum atomic E-state index is 5.93. The number of rotatable bonds is 4. The Morgan fingerprint density at radius 1 is 1.24 bits per heavy atom. The third kappa shape index (κ3) is 3.58. The van der Waals surface area contributed by atoms with E-state index in [2.05, 4.69) is 43.0 Å². The summed E-state index contributed by atoms with van der Waals surface area (Å²) in [5, 5.41) is 3.34. The first kappa shape index (κ1) is 13.7. The molecule has 0 aliphatic carbocycles. The number of hydrogen-bond acceptors (Lipinski definition) is 4. The molecule has 0 fully saturated rings. The summed E-state index contributed by atoms with van der Waals surface area (Å²) in [4.78, 5) is 8.93. The lowest BCUT2D eigenvalue weighted by molar-refractivity contribution is 0.546. The molecule has 1 heterocycles. The minimum Gasteiger partial charge on any atom is -0.383 e. The van der Waals surface area contributed by atoms with Crippen molar-refractivity contribution in [3.63, 3.8) is 0 Å². The van der Waals surface area contributed by atoms with Gasteiger partial charge in [0, 0.05) is 17.5 Å². The molecule has 0 aliphatic heterocycles. The van der Waals surface area contributed by atoms with Crippen molar-refractivity contribution in [2.45, 2.75) is 52.9 Å². The van der Waals surface area contributed by atoms with Crippen LogP contribution in [0.1, 0.15) is 51.9 Å². The Hall–Kier alpha value is -1.32. The molecule has 4 nitrogen and oxygen atoms in total. The fourth-order valence-electron chi connectivity index (χ4n) is 1.43. The Balaban J connectivity index is 2.99. The van der Waals surface area contributed by atoms with Crippen LogP contribution in [0.15, 0.2) is 0 Å². The first-order chi connectivity index (χ1) is 7.86. The first-order valence-electron chi connectivity index (χ1n) is 6.24. The molecule has 0 saturated heterocycles. The van der Waals surface area contributed by atoms with E-state index < -0.39 is 0 Å². The number of nitrogens with one attached hydrogen (secondary N) is 1. The van der Waals surface area contributed by atoms with E-state index in [1.54, 1.807) is 0 Å². The predicted molar refractivity (Wildman–Crippen MR) is 73.3 cm³/mol. The average Bonchev–Trinajstić information content (AvgIpc) is 2.22. The predicted octanol–water partition coefficient (Wildman–Crippen LogP) is 2.88. The molecule has 1 aromatic heterocycles. The average molecular weight is 236 g/mol. The number of unbranched alkanes of at least 4 members (excludes halogenated alkanes) is 1. The van der Waals surface area contributed by atoms with E-state index in [-0.39, 0.29) is 5.41 Å². The Kier molecular flexibility index (Phi) is 4.32. The number of nitrogen functional groups attached to an aromatic ring is 1. The molecular weight excluding hydrogens is 212 g/mol. The van der Waals surface area contributed by atoms with Crippen LogP contribution in [0.25, 0.3) is 0 Å². The van der Waals surface area contributed by atoms with E-state index in [0.29, 0.717) is 5.82 Å². The van der Waals surface area contributed by atoms with Gasteiger partial charge in [0.05, 0.1) is 0 Å². The van der Waals surface area contributed by atoms with Crippen LogP contribution >= 0.6 is 0 Å². The fraction of sp³-hybridized carbons (Fsp3) is 0.692. The third-order valence-electron chi connectivity index (χ3n) is 2.68. The lowest BCUT2D eigenvalue weighted by Crippen LogP contribution is -2.19. The van der Waals surface area contributed by atoms with Gasteiger partial charge < -0.3 is 11.1 Å². The van der Waals surface area contributed by atoms with E-state index in [0.717, 1.165) is 30.2 Å². The summed E-state index contributed by atoms with van der Waals surface area (Å²) in [5.74, 6) is 2.24. The molecule has 0 spiro atoms. The smallest absolute Gasteiger partial charge is 0.138 e. The van der Waals surface area contributed by atoms with Crippen molar-refractivity contribution < 1.29 is 0 Å². The second-order valence-corrected chi connectivity index (χ2v) is 5.44. The SMILES string of the molecule is CCCCNc1nc(C(C)(C)C)nc(N)c1C. The number of nitrogens with zero attached hydrogens (tertiary/aromatic N) is 2. The molecule has 96 valence electrons. The minimum absolute atomic E-state index is 0.0804. The van der Waals surface area contributed by atoms with Gasteiger partial charge in [0.2, 0.25) is 0 Å². The second kappa shape index (κ2) is 5.34. The molecule has 0 amide bonds. The zero-order valence-electron chi connectivity index (χ0n) is 11.6. The van der Waals surface area contributed by atoms with Crippen molar-refractivity contribution in [3.8, 4) is 0 Å². The zero-order chi connectivity index (χ0) is 13.1. The first-order valence-corrected chi connectivity index (χ1v) is 6.24. The van der Waals surface area contributed by atoms with Crippen molar-refractivity contribution in [3.05, 3.63) is 11.4 Å². The lowest BCUT2D eigenvalue weighted by Gasteiger charge is -2.19. The molecular formula is C13H24N4. The molecule has 4 heteroatoms. The van der Waals surface area contributed by atoms with Crippen LogP contribution in [0.5, 0.6) is 0 Å². The molecule has 17 heavy (non-hydrogen) atoms. The molecule has 0 aliphatic rings. The maximum absolute atomic E-state index is 5.93. The summed E-state index contributed by atoms with van der Waals surface area (Å²) in [6, 6.07) is 0. The van der Waals surface area contributed by atoms with E-state index in [4.69, 9.17) is 5.73 Å². The normalized spacial score (nSPS) is 11.6. The standard InChI is InChI=1S/C13H24N4/c1-6-7-8-15-11-9(2)10(14)16-12(17-11)13(3,4)5/h6-8H2,1-5H3,(H3,14,15,16,17). The van der Waals surface area contributed by atoms with Crippen LogP contribution < -0.4 is 11.1 Å². The fourth-order valence-corrected chi connectivity index (χ4v) is 1.43. The van der Waals surface area contributed by atoms with E-state index in [1.165, 1.54) is 6.42 Å². The summed E-state index contributed by atoms with van der Waals surface area (Å²) in [6.45, 7) is 11.3. The van der Waals surface area contributed by atoms with Gasteiger partial charge in [0.1, 0.15) is 17.5 Å². The van der Waals surface area contributed by atoms with Gasteiger partial charge in [-0.15, -0.1) is 0 Å². The highest BCUT2D eigenvalue weighted by Gasteiger charge is 2.20. The van der Waals surface area contributed by atoms with Crippen molar-refractivity contribution in [1.82, 2.24) is 9.97 Å². The van der Waals surface area contributed by atoms with Crippen LogP contribution in [0.3, 0.4) is 0 Å². The largest absolute Gasteiger partial charge is 0.383 e. The molecule has 1 aromatic rings. The zero-order valence-corrected chi connectivity index (χ0v) is 11.6. The van der Waals surface area contributed by atoms with Gasteiger partial charge in [-0.1, -0.05) is 34.1 Å². The highest BCUT2D eigenvalue weighted by Crippen LogP contribution is 2.24. The van der Waals surface area contributed by atoms with E-state index in [1.807, 2.05) is 6.92 Å². The van der Waals surface area contributed by atoms with Crippen LogP contribution in [0.2, 0.25) is 0 Å². The molecule has 1 rings (SSSR count). The molecule has 0 aromatic carbocycles. The van der Waals surface area contributed by atoms with Crippen molar-refractivity contribution in [2.75, 3.05) is 17.6 Å². The van der Waals surface area contributed by atoms with Crippen molar-refractivity contribution >= 4 is 11.6 Å². The van der Waals surface area contributed by atoms with Gasteiger partial charge in [0.25, 0.3) is 0 Å². The Morgan fingerprint density at radius 3 is 2.41 bits per heavy atom. The number of anilines is 2. The number of nitrogens with two attached hydrogens (primary N) is 1. The van der Waals surface area contributed by atoms with Crippen LogP contribution in [0.4, 0.5) is 11.6 Å². The molecule has 3 N–H and O–H groups in total. The van der Waals surface area contributed by atoms with Crippen molar-refractivity contribution in [1.29, 1.82) is 0 Å². The Labute approximate surface area is 104 Å². The van der Waals surface area contributed by atoms with Crippen LogP contribution in [-0.2, 0) is 5.41 Å². The van der Waals surface area contributed by atoms with Gasteiger partial charge in [-0.2, -0.15) is 0 Å². The summed E-state index contributed by atoms with van der Waals surface area (Å²) < 4.78 is 0. The topological polar surface area (TPSA) is 63.8 Å². The van der Waals surface area contributed by atoms with Gasteiger partial charge >= 0.3 is 0 Å². The molecule has 0 saturated carbocycles. The Morgan fingerprint density at radius 2 is 1.88 bits per heavy atom. The monoisotopic (exact) mass is 236 g/mol.